The molecule has 0 saturated carbocycles. The fraction of sp³-hybridized carbons (Fsp3) is 0.600. The molecular weight excluding hydrogens is 245 g/mol. The monoisotopic (exact) mass is 267 g/mol. The largest absolute Gasteiger partial charge is 0.497 e. The van der Waals surface area contributed by atoms with Gasteiger partial charge in [0.2, 0.25) is 0 Å². The van der Waals surface area contributed by atoms with Crippen molar-refractivity contribution < 1.29 is 13.9 Å². The number of nitrogens with one attached hydrogen (secondary N) is 1. The van der Waals surface area contributed by atoms with Crippen molar-refractivity contribution in [1.82, 2.24) is 5.32 Å². The Morgan fingerprint density at radius 3 is 2.68 bits per heavy atom. The lowest BCUT2D eigenvalue weighted by molar-refractivity contribution is 0.0782. The number of rotatable bonds is 4. The van der Waals surface area contributed by atoms with E-state index in [1.807, 2.05) is 0 Å². The van der Waals surface area contributed by atoms with Crippen LogP contribution in [0.2, 0.25) is 0 Å². The van der Waals surface area contributed by atoms with Gasteiger partial charge in [-0.3, -0.25) is 0 Å². The van der Waals surface area contributed by atoms with Crippen molar-refractivity contribution in [1.29, 1.82) is 0 Å². The number of halogens is 1. The molecule has 4 heteroatoms. The van der Waals surface area contributed by atoms with Gasteiger partial charge in [-0.15, -0.1) is 0 Å². The molecule has 1 fully saturated rings. The highest BCUT2D eigenvalue weighted by molar-refractivity contribution is 5.44. The summed E-state index contributed by atoms with van der Waals surface area (Å²) in [6.07, 6.45) is 1.91. The zero-order chi connectivity index (χ0) is 13.9. The molecule has 0 spiro atoms. The molecule has 2 atom stereocenters. The van der Waals surface area contributed by atoms with Crippen LogP contribution in [0.15, 0.2) is 18.2 Å². The molecule has 1 saturated heterocycles. The van der Waals surface area contributed by atoms with Crippen LogP contribution in [0.4, 0.5) is 4.39 Å². The highest BCUT2D eigenvalue weighted by atomic mass is 19.1. The summed E-state index contributed by atoms with van der Waals surface area (Å²) in [4.78, 5) is 0. The van der Waals surface area contributed by atoms with E-state index in [1.165, 1.54) is 0 Å². The van der Waals surface area contributed by atoms with Crippen molar-refractivity contribution in [2.75, 3.05) is 27.3 Å². The van der Waals surface area contributed by atoms with Gasteiger partial charge in [0, 0.05) is 24.1 Å². The first-order chi connectivity index (χ1) is 9.09. The van der Waals surface area contributed by atoms with Gasteiger partial charge in [-0.1, -0.05) is 0 Å². The maximum Gasteiger partial charge on any atom is 0.140 e. The van der Waals surface area contributed by atoms with E-state index in [0.717, 1.165) is 19.4 Å². The van der Waals surface area contributed by atoms with Gasteiger partial charge < -0.3 is 14.8 Å². The zero-order valence-corrected chi connectivity index (χ0v) is 11.8. The predicted molar refractivity (Wildman–Crippen MR) is 73.6 cm³/mol. The fourth-order valence-electron chi connectivity index (χ4n) is 2.74. The number of ether oxygens (including phenoxy) is 2. The molecule has 3 nitrogen and oxygen atoms in total. The average Bonchev–Trinajstić information content (AvgIpc) is 2.47. The summed E-state index contributed by atoms with van der Waals surface area (Å²) >= 11 is 0. The number of methoxy groups -OCH3 is 2. The fourth-order valence-corrected chi connectivity index (χ4v) is 2.74. The lowest BCUT2D eigenvalue weighted by Crippen LogP contribution is -2.40. The van der Waals surface area contributed by atoms with E-state index < -0.39 is 5.67 Å². The van der Waals surface area contributed by atoms with Crippen LogP contribution < -0.4 is 14.8 Å². The number of alkyl halides is 1. The number of benzene rings is 1. The van der Waals surface area contributed by atoms with Gasteiger partial charge in [0.1, 0.15) is 17.2 Å². The highest BCUT2D eigenvalue weighted by Gasteiger charge is 2.38. The van der Waals surface area contributed by atoms with E-state index in [2.05, 4.69) is 5.32 Å². The maximum atomic E-state index is 15.2. The Morgan fingerprint density at radius 2 is 2.11 bits per heavy atom. The van der Waals surface area contributed by atoms with Gasteiger partial charge in [0.25, 0.3) is 0 Å². The Bertz CT molecular complexity index is 428. The third-order valence-electron chi connectivity index (χ3n) is 4.00. The molecule has 1 aliphatic rings. The minimum Gasteiger partial charge on any atom is -0.497 e. The molecular formula is C15H22FNO2. The predicted octanol–water partition coefficient (Wildman–Crippen LogP) is 2.89. The van der Waals surface area contributed by atoms with Crippen LogP contribution in [0.1, 0.15) is 25.3 Å². The molecule has 19 heavy (non-hydrogen) atoms. The Hall–Kier alpha value is -1.29. The SMILES string of the molecule is COc1ccc(C(C)(F)C2CCCNC2)c(OC)c1. The van der Waals surface area contributed by atoms with Crippen molar-refractivity contribution in [3.8, 4) is 11.5 Å². The minimum absolute atomic E-state index is 0.0245. The topological polar surface area (TPSA) is 30.5 Å². The first-order valence-electron chi connectivity index (χ1n) is 6.71. The van der Waals surface area contributed by atoms with E-state index in [1.54, 1.807) is 39.3 Å². The highest BCUT2D eigenvalue weighted by Crippen LogP contribution is 2.42. The van der Waals surface area contributed by atoms with E-state index in [9.17, 15) is 0 Å². The van der Waals surface area contributed by atoms with Crippen LogP contribution in [0, 0.1) is 5.92 Å². The molecule has 106 valence electrons. The van der Waals surface area contributed by atoms with E-state index >= 15 is 4.39 Å². The van der Waals surface area contributed by atoms with Crippen LogP contribution >= 0.6 is 0 Å². The molecule has 1 aromatic carbocycles. The Kier molecular flexibility index (Phi) is 4.30. The van der Waals surface area contributed by atoms with Gasteiger partial charge in [0.05, 0.1) is 14.2 Å². The third-order valence-corrected chi connectivity index (χ3v) is 4.00. The number of hydrogen-bond acceptors (Lipinski definition) is 3. The van der Waals surface area contributed by atoms with Crippen molar-refractivity contribution in [3.05, 3.63) is 23.8 Å². The van der Waals surface area contributed by atoms with Gasteiger partial charge in [-0.05, 0) is 38.4 Å². The lowest BCUT2D eigenvalue weighted by atomic mass is 9.80. The summed E-state index contributed by atoms with van der Waals surface area (Å²) < 4.78 is 25.7. The molecule has 0 amide bonds. The molecule has 0 bridgehead atoms. The summed E-state index contributed by atoms with van der Waals surface area (Å²) in [5.41, 5.74) is -0.796. The molecule has 1 aliphatic heterocycles. The molecule has 1 heterocycles. The average molecular weight is 267 g/mol. The Balaban J connectivity index is 2.32. The normalized spacial score (nSPS) is 22.6. The summed E-state index contributed by atoms with van der Waals surface area (Å²) in [7, 11) is 3.15. The van der Waals surface area contributed by atoms with Crippen molar-refractivity contribution in [3.63, 3.8) is 0 Å². The smallest absolute Gasteiger partial charge is 0.140 e. The molecule has 2 unspecified atom stereocenters. The van der Waals surface area contributed by atoms with Gasteiger partial charge in [0.15, 0.2) is 0 Å². The standard InChI is InChI=1S/C15H22FNO2/c1-15(16,11-5-4-8-17-10-11)13-7-6-12(18-2)9-14(13)19-3/h6-7,9,11,17H,4-5,8,10H2,1-3H3. The van der Waals surface area contributed by atoms with Gasteiger partial charge in [-0.2, -0.15) is 0 Å². The molecule has 2 rings (SSSR count). The minimum atomic E-state index is -1.40. The second kappa shape index (κ2) is 5.78. The number of piperidine rings is 1. The first-order valence-corrected chi connectivity index (χ1v) is 6.71. The van der Waals surface area contributed by atoms with Crippen molar-refractivity contribution >= 4 is 0 Å². The van der Waals surface area contributed by atoms with E-state index in [-0.39, 0.29) is 5.92 Å². The van der Waals surface area contributed by atoms with Crippen LogP contribution in [-0.2, 0) is 5.67 Å². The molecule has 0 radical (unpaired) electrons. The third kappa shape index (κ3) is 2.84. The van der Waals surface area contributed by atoms with E-state index in [4.69, 9.17) is 9.47 Å². The van der Waals surface area contributed by atoms with Crippen LogP contribution in [0.5, 0.6) is 11.5 Å². The summed E-state index contributed by atoms with van der Waals surface area (Å²) in [5, 5.41) is 3.27. The van der Waals surface area contributed by atoms with Crippen LogP contribution in [0.25, 0.3) is 0 Å². The van der Waals surface area contributed by atoms with Gasteiger partial charge in [-0.25, -0.2) is 4.39 Å². The maximum absolute atomic E-state index is 15.2. The van der Waals surface area contributed by atoms with Crippen molar-refractivity contribution in [2.24, 2.45) is 5.92 Å². The van der Waals surface area contributed by atoms with Crippen LogP contribution in [0.3, 0.4) is 0 Å². The summed E-state index contributed by atoms with van der Waals surface area (Å²) in [6.45, 7) is 3.34. The Morgan fingerprint density at radius 1 is 1.32 bits per heavy atom. The summed E-state index contributed by atoms with van der Waals surface area (Å²) in [6, 6.07) is 5.29. The number of hydrogen-bond donors (Lipinski definition) is 1. The molecule has 1 aromatic rings. The first kappa shape index (κ1) is 14.1. The second-order valence-electron chi connectivity index (χ2n) is 5.19. The molecule has 0 aliphatic carbocycles. The molecule has 0 aromatic heterocycles. The second-order valence-corrected chi connectivity index (χ2v) is 5.19. The summed E-state index contributed by atoms with van der Waals surface area (Å²) in [5.74, 6) is 1.21. The van der Waals surface area contributed by atoms with Gasteiger partial charge >= 0.3 is 0 Å². The van der Waals surface area contributed by atoms with Crippen molar-refractivity contribution in [2.45, 2.75) is 25.4 Å². The van der Waals surface area contributed by atoms with Crippen LogP contribution in [-0.4, -0.2) is 27.3 Å². The Labute approximate surface area is 114 Å². The van der Waals surface area contributed by atoms with E-state index in [0.29, 0.717) is 23.6 Å². The molecule has 1 N–H and O–H groups in total. The lowest BCUT2D eigenvalue weighted by Gasteiger charge is -2.35. The zero-order valence-electron chi connectivity index (χ0n) is 11.8. The quantitative estimate of drug-likeness (QED) is 0.910.